The summed E-state index contributed by atoms with van der Waals surface area (Å²) in [5, 5.41) is 40.4. The number of carbonyl (C=O) groups is 1. The molecule has 158 valence electrons. The fraction of sp³-hybridized carbons (Fsp3) is 0.381. The van der Waals surface area contributed by atoms with Gasteiger partial charge >= 0.3 is 5.97 Å². The van der Waals surface area contributed by atoms with E-state index in [1.165, 1.54) is 45.6 Å². The van der Waals surface area contributed by atoms with Crippen LogP contribution in [0.5, 0.6) is 23.0 Å². The maximum absolute atomic E-state index is 12.5. The van der Waals surface area contributed by atoms with Crippen molar-refractivity contribution in [1.29, 1.82) is 0 Å². The second-order valence-corrected chi connectivity index (χ2v) is 6.58. The number of methoxy groups -OCH3 is 3. The monoisotopic (exact) mass is 406 g/mol. The van der Waals surface area contributed by atoms with Crippen LogP contribution in [0.15, 0.2) is 36.4 Å². The number of hydrogen-bond acceptors (Lipinski definition) is 8. The number of phenolic OH excluding ortho intramolecular Hbond substituents is 2. The van der Waals surface area contributed by atoms with Crippen molar-refractivity contribution < 1.29 is 39.4 Å². The number of carbonyl (C=O) groups excluding carboxylic acids is 1. The first kappa shape index (κ1) is 22.3. The molecule has 2 rings (SSSR count). The Labute approximate surface area is 168 Å². The highest BCUT2D eigenvalue weighted by Crippen LogP contribution is 2.36. The van der Waals surface area contributed by atoms with Gasteiger partial charge in [0, 0.05) is 12.5 Å². The number of rotatable bonds is 9. The van der Waals surface area contributed by atoms with E-state index in [0.29, 0.717) is 11.1 Å². The zero-order valence-electron chi connectivity index (χ0n) is 16.5. The average molecular weight is 406 g/mol. The summed E-state index contributed by atoms with van der Waals surface area (Å²) in [6, 6.07) is 8.94. The molecule has 0 saturated heterocycles. The van der Waals surface area contributed by atoms with Gasteiger partial charge in [-0.2, -0.15) is 0 Å². The van der Waals surface area contributed by atoms with Gasteiger partial charge < -0.3 is 34.6 Å². The normalized spacial score (nSPS) is 14.0. The van der Waals surface area contributed by atoms with E-state index in [1.807, 2.05) is 0 Å². The van der Waals surface area contributed by atoms with Gasteiger partial charge in [-0.05, 0) is 41.8 Å². The molecule has 0 amide bonds. The molecule has 4 N–H and O–H groups in total. The van der Waals surface area contributed by atoms with Gasteiger partial charge in [-0.1, -0.05) is 12.1 Å². The zero-order chi connectivity index (χ0) is 21.6. The number of aromatic hydroxyl groups is 2. The second-order valence-electron chi connectivity index (χ2n) is 6.58. The molecule has 0 aliphatic heterocycles. The Morgan fingerprint density at radius 3 is 2.10 bits per heavy atom. The zero-order valence-corrected chi connectivity index (χ0v) is 16.5. The van der Waals surface area contributed by atoms with Crippen molar-refractivity contribution in [2.75, 3.05) is 27.9 Å². The van der Waals surface area contributed by atoms with E-state index in [-0.39, 0.29) is 29.4 Å². The lowest BCUT2D eigenvalue weighted by Gasteiger charge is -2.28. The third-order valence-electron chi connectivity index (χ3n) is 4.84. The van der Waals surface area contributed by atoms with Crippen LogP contribution in [-0.2, 0) is 16.0 Å². The Bertz CT molecular complexity index is 835. The Morgan fingerprint density at radius 1 is 0.966 bits per heavy atom. The maximum Gasteiger partial charge on any atom is 0.312 e. The van der Waals surface area contributed by atoms with Crippen molar-refractivity contribution in [3.8, 4) is 23.0 Å². The molecule has 2 aromatic rings. The van der Waals surface area contributed by atoms with Crippen LogP contribution in [0.2, 0.25) is 0 Å². The number of hydrogen-bond donors (Lipinski definition) is 4. The van der Waals surface area contributed by atoms with E-state index < -0.39 is 30.5 Å². The molecule has 0 unspecified atom stereocenters. The first-order valence-electron chi connectivity index (χ1n) is 8.95. The van der Waals surface area contributed by atoms with Gasteiger partial charge in [0.25, 0.3) is 0 Å². The third-order valence-corrected chi connectivity index (χ3v) is 4.84. The molecule has 0 heterocycles. The van der Waals surface area contributed by atoms with Crippen LogP contribution in [0.25, 0.3) is 0 Å². The van der Waals surface area contributed by atoms with Crippen molar-refractivity contribution in [3.05, 3.63) is 47.5 Å². The molecule has 0 radical (unpaired) electrons. The molecule has 8 nitrogen and oxygen atoms in total. The number of phenols is 2. The molecule has 0 fully saturated rings. The van der Waals surface area contributed by atoms with E-state index in [0.717, 1.165) is 0 Å². The third kappa shape index (κ3) is 5.10. The average Bonchev–Trinajstić information content (AvgIpc) is 2.74. The van der Waals surface area contributed by atoms with Crippen LogP contribution >= 0.6 is 0 Å². The van der Waals surface area contributed by atoms with Crippen LogP contribution in [0, 0.1) is 11.8 Å². The molecule has 3 atom stereocenters. The van der Waals surface area contributed by atoms with Crippen LogP contribution < -0.4 is 9.47 Å². The van der Waals surface area contributed by atoms with Crippen molar-refractivity contribution in [2.24, 2.45) is 11.8 Å². The van der Waals surface area contributed by atoms with Crippen molar-refractivity contribution in [2.45, 2.75) is 12.5 Å². The van der Waals surface area contributed by atoms with E-state index in [4.69, 9.17) is 14.2 Å². The largest absolute Gasteiger partial charge is 0.504 e. The fourth-order valence-electron chi connectivity index (χ4n) is 3.26. The van der Waals surface area contributed by atoms with Crippen LogP contribution in [0.1, 0.15) is 17.2 Å². The maximum atomic E-state index is 12.5. The highest BCUT2D eigenvalue weighted by Gasteiger charge is 2.36. The summed E-state index contributed by atoms with van der Waals surface area (Å²) >= 11 is 0. The lowest BCUT2D eigenvalue weighted by molar-refractivity contribution is -0.153. The molecule has 0 saturated carbocycles. The van der Waals surface area contributed by atoms with E-state index >= 15 is 0 Å². The molecule has 0 aromatic heterocycles. The predicted molar refractivity (Wildman–Crippen MR) is 104 cm³/mol. The predicted octanol–water partition coefficient (Wildman–Crippen LogP) is 1.79. The molecular weight excluding hydrogens is 380 g/mol. The Morgan fingerprint density at radius 2 is 1.55 bits per heavy atom. The summed E-state index contributed by atoms with van der Waals surface area (Å²) in [6.45, 7) is -0.394. The second kappa shape index (κ2) is 9.99. The van der Waals surface area contributed by atoms with E-state index in [2.05, 4.69) is 0 Å². The molecule has 0 spiro atoms. The van der Waals surface area contributed by atoms with Crippen LogP contribution in [-0.4, -0.2) is 54.3 Å². The molecule has 0 aliphatic rings. The summed E-state index contributed by atoms with van der Waals surface area (Å²) in [5.41, 5.74) is 1.03. The minimum Gasteiger partial charge on any atom is -0.504 e. The lowest BCUT2D eigenvalue weighted by atomic mass is 9.81. The topological polar surface area (TPSA) is 126 Å². The van der Waals surface area contributed by atoms with Gasteiger partial charge in [-0.3, -0.25) is 4.79 Å². The molecular formula is C21H26O8. The SMILES string of the molecule is COC(=O)[C@@H]([C@@H](CO)Cc1ccc(O)c(OC)c1)[C@@H](O)c1ccc(O)c(OC)c1. The first-order valence-corrected chi connectivity index (χ1v) is 8.95. The number of ether oxygens (including phenoxy) is 3. The fourth-order valence-corrected chi connectivity index (χ4v) is 3.26. The van der Waals surface area contributed by atoms with Gasteiger partial charge in [-0.15, -0.1) is 0 Å². The number of benzene rings is 2. The Hall–Kier alpha value is -2.97. The summed E-state index contributed by atoms with van der Waals surface area (Å²) in [5.74, 6) is -2.18. The Kier molecular flexibility index (Phi) is 7.69. The summed E-state index contributed by atoms with van der Waals surface area (Å²) < 4.78 is 15.0. The van der Waals surface area contributed by atoms with Crippen molar-refractivity contribution in [1.82, 2.24) is 0 Å². The highest BCUT2D eigenvalue weighted by atomic mass is 16.5. The smallest absolute Gasteiger partial charge is 0.312 e. The van der Waals surface area contributed by atoms with Crippen LogP contribution in [0.4, 0.5) is 0 Å². The minimum absolute atomic E-state index is 0.0301. The molecule has 8 heteroatoms. The molecule has 0 aliphatic carbocycles. The van der Waals surface area contributed by atoms with Crippen molar-refractivity contribution >= 4 is 5.97 Å². The number of aliphatic hydroxyl groups is 2. The minimum atomic E-state index is -1.31. The summed E-state index contributed by atoms with van der Waals surface area (Å²) in [7, 11) is 4.00. The highest BCUT2D eigenvalue weighted by molar-refractivity contribution is 5.74. The molecule has 2 aromatic carbocycles. The lowest BCUT2D eigenvalue weighted by Crippen LogP contribution is -2.34. The van der Waals surface area contributed by atoms with Gasteiger partial charge in [0.15, 0.2) is 23.0 Å². The molecule has 0 bridgehead atoms. The number of aliphatic hydroxyl groups excluding tert-OH is 2. The summed E-state index contributed by atoms with van der Waals surface area (Å²) in [4.78, 5) is 12.5. The van der Waals surface area contributed by atoms with Crippen LogP contribution in [0.3, 0.4) is 0 Å². The molecule has 29 heavy (non-hydrogen) atoms. The van der Waals surface area contributed by atoms with E-state index in [1.54, 1.807) is 12.1 Å². The first-order chi connectivity index (χ1) is 13.9. The van der Waals surface area contributed by atoms with E-state index in [9.17, 15) is 25.2 Å². The quantitative estimate of drug-likeness (QED) is 0.465. The van der Waals surface area contributed by atoms with Gasteiger partial charge in [-0.25, -0.2) is 0 Å². The number of esters is 1. The van der Waals surface area contributed by atoms with Gasteiger partial charge in [0.05, 0.1) is 33.4 Å². The standard InChI is InChI=1S/C21H26O8/c1-27-17-9-12(4-6-15(17)23)8-14(11-22)19(21(26)29-3)20(25)13-5-7-16(24)18(10-13)28-2/h4-7,9-10,14,19-20,22-25H,8,11H2,1-3H3/t14-,19+,20+/m1/s1. The van der Waals surface area contributed by atoms with Crippen molar-refractivity contribution in [3.63, 3.8) is 0 Å². The summed E-state index contributed by atoms with van der Waals surface area (Å²) in [6.07, 6.45) is -1.09. The van der Waals surface area contributed by atoms with Gasteiger partial charge in [0.2, 0.25) is 0 Å². The Balaban J connectivity index is 2.37. The van der Waals surface area contributed by atoms with Gasteiger partial charge in [0.1, 0.15) is 0 Å².